The van der Waals surface area contributed by atoms with Crippen molar-refractivity contribution in [3.8, 4) is 0 Å². The third-order valence-corrected chi connectivity index (χ3v) is 3.92. The van der Waals surface area contributed by atoms with Crippen LogP contribution in [0.4, 0.5) is 0 Å². The lowest BCUT2D eigenvalue weighted by Crippen LogP contribution is -2.27. The molecule has 0 unspecified atom stereocenters. The van der Waals surface area contributed by atoms with Crippen molar-refractivity contribution < 1.29 is 9.53 Å². The first-order valence-corrected chi connectivity index (χ1v) is 9.06. The molecule has 0 N–H and O–H groups in total. The van der Waals surface area contributed by atoms with Gasteiger partial charge in [0.1, 0.15) is 0 Å². The lowest BCUT2D eigenvalue weighted by Gasteiger charge is -2.24. The van der Waals surface area contributed by atoms with Gasteiger partial charge in [-0.1, -0.05) is 68.4 Å². The van der Waals surface area contributed by atoms with Crippen LogP contribution in [-0.4, -0.2) is 24.0 Å². The monoisotopic (exact) mass is 339 g/mol. The summed E-state index contributed by atoms with van der Waals surface area (Å²) in [5.74, 6) is 0.439. The van der Waals surface area contributed by atoms with E-state index in [0.717, 1.165) is 25.2 Å². The van der Waals surface area contributed by atoms with Crippen LogP contribution in [0.3, 0.4) is 0 Å². The van der Waals surface area contributed by atoms with E-state index in [1.165, 1.54) is 11.1 Å². The van der Waals surface area contributed by atoms with Gasteiger partial charge in [0.15, 0.2) is 0 Å². The molecule has 0 bridgehead atoms. The Hall–Kier alpha value is -2.13. The Morgan fingerprint density at radius 1 is 0.960 bits per heavy atom. The molecule has 25 heavy (non-hydrogen) atoms. The second-order valence-corrected chi connectivity index (χ2v) is 6.85. The highest BCUT2D eigenvalue weighted by Crippen LogP contribution is 2.14. The zero-order valence-electron chi connectivity index (χ0n) is 15.6. The molecular weight excluding hydrogens is 310 g/mol. The molecule has 0 aliphatic heterocycles. The summed E-state index contributed by atoms with van der Waals surface area (Å²) in [6.45, 7) is 9.60. The van der Waals surface area contributed by atoms with E-state index < -0.39 is 0 Å². The van der Waals surface area contributed by atoms with Gasteiger partial charge in [0.2, 0.25) is 0 Å². The minimum Gasteiger partial charge on any atom is -0.466 e. The van der Waals surface area contributed by atoms with Gasteiger partial charge < -0.3 is 4.74 Å². The topological polar surface area (TPSA) is 29.5 Å². The van der Waals surface area contributed by atoms with Crippen LogP contribution in [0, 0.1) is 5.92 Å². The molecule has 0 radical (unpaired) electrons. The highest BCUT2D eigenvalue weighted by molar-refractivity contribution is 5.72. The van der Waals surface area contributed by atoms with E-state index in [1.54, 1.807) is 0 Å². The highest BCUT2D eigenvalue weighted by Gasteiger charge is 2.11. The van der Waals surface area contributed by atoms with Gasteiger partial charge >= 0.3 is 5.97 Å². The molecular formula is C22H29NO2. The van der Waals surface area contributed by atoms with Gasteiger partial charge in [-0.25, -0.2) is 0 Å². The Balaban J connectivity index is 2.05. The molecule has 0 aliphatic rings. The fourth-order valence-electron chi connectivity index (χ4n) is 3.02. The van der Waals surface area contributed by atoms with Crippen molar-refractivity contribution in [2.75, 3.05) is 13.2 Å². The van der Waals surface area contributed by atoms with Gasteiger partial charge in [-0.05, 0) is 29.5 Å². The Labute approximate surface area is 151 Å². The molecule has 0 amide bonds. The number of nitrogens with zero attached hydrogens (tertiary/aromatic N) is 1. The summed E-state index contributed by atoms with van der Waals surface area (Å²) in [5, 5.41) is 0. The fourth-order valence-corrected chi connectivity index (χ4v) is 3.02. The molecule has 0 heterocycles. The van der Waals surface area contributed by atoms with Gasteiger partial charge in [0.05, 0.1) is 13.0 Å². The number of hydrogen-bond donors (Lipinski definition) is 0. The molecule has 3 nitrogen and oxygen atoms in total. The first-order chi connectivity index (χ1) is 12.1. The van der Waals surface area contributed by atoms with E-state index >= 15 is 0 Å². The lowest BCUT2D eigenvalue weighted by molar-refractivity contribution is -0.142. The number of carbonyl (C=O) groups is 1. The quantitative estimate of drug-likeness (QED) is 0.632. The van der Waals surface area contributed by atoms with Crippen LogP contribution >= 0.6 is 0 Å². The first kappa shape index (κ1) is 19.2. The number of rotatable bonds is 9. The number of esters is 1. The summed E-state index contributed by atoms with van der Waals surface area (Å²) in [6.07, 6.45) is 0.338. The third-order valence-electron chi connectivity index (χ3n) is 3.92. The molecule has 0 fully saturated rings. The van der Waals surface area contributed by atoms with E-state index in [-0.39, 0.29) is 5.97 Å². The maximum absolute atomic E-state index is 11.7. The van der Waals surface area contributed by atoms with Crippen molar-refractivity contribution in [2.24, 2.45) is 5.92 Å². The summed E-state index contributed by atoms with van der Waals surface area (Å²) in [4.78, 5) is 14.2. The van der Waals surface area contributed by atoms with Crippen LogP contribution in [0.2, 0.25) is 0 Å². The largest absolute Gasteiger partial charge is 0.466 e. The minimum atomic E-state index is -0.164. The van der Waals surface area contributed by atoms with Gasteiger partial charge in [0, 0.05) is 19.6 Å². The lowest BCUT2D eigenvalue weighted by atomic mass is 10.1. The molecule has 0 spiro atoms. The van der Waals surface area contributed by atoms with E-state index in [2.05, 4.69) is 61.2 Å². The Bertz CT molecular complexity index is 652. The Morgan fingerprint density at radius 3 is 2.28 bits per heavy atom. The third kappa shape index (κ3) is 7.10. The number of hydrogen-bond acceptors (Lipinski definition) is 3. The molecule has 2 rings (SSSR count). The van der Waals surface area contributed by atoms with Crippen LogP contribution in [-0.2, 0) is 29.0 Å². The van der Waals surface area contributed by atoms with Crippen LogP contribution in [0.15, 0.2) is 54.6 Å². The van der Waals surface area contributed by atoms with Gasteiger partial charge in [-0.2, -0.15) is 0 Å². The summed E-state index contributed by atoms with van der Waals surface area (Å²) in [6, 6.07) is 18.8. The number of ether oxygens (including phenoxy) is 1. The molecule has 0 saturated heterocycles. The molecule has 0 atom stereocenters. The van der Waals surface area contributed by atoms with Crippen LogP contribution in [0.5, 0.6) is 0 Å². The van der Waals surface area contributed by atoms with Crippen molar-refractivity contribution in [1.29, 1.82) is 0 Å². The zero-order chi connectivity index (χ0) is 18.1. The summed E-state index contributed by atoms with van der Waals surface area (Å²) >= 11 is 0. The zero-order valence-corrected chi connectivity index (χ0v) is 15.6. The minimum absolute atomic E-state index is 0.164. The molecule has 0 saturated carbocycles. The van der Waals surface area contributed by atoms with Crippen molar-refractivity contribution in [2.45, 2.75) is 40.3 Å². The van der Waals surface area contributed by atoms with Gasteiger partial charge in [-0.3, -0.25) is 9.69 Å². The SMILES string of the molecule is CCOC(=O)Cc1cccc(CN(Cc2ccccc2)CC(C)C)c1. The maximum atomic E-state index is 11.7. The highest BCUT2D eigenvalue weighted by atomic mass is 16.5. The average Bonchev–Trinajstić information content (AvgIpc) is 2.55. The first-order valence-electron chi connectivity index (χ1n) is 9.06. The summed E-state index contributed by atoms with van der Waals surface area (Å²) in [5.41, 5.74) is 3.57. The predicted octanol–water partition coefficient (Wildman–Crippen LogP) is 4.45. The predicted molar refractivity (Wildman–Crippen MR) is 102 cm³/mol. The van der Waals surface area contributed by atoms with E-state index in [4.69, 9.17) is 4.74 Å². The molecule has 0 aromatic heterocycles. The second kappa shape index (κ2) is 10.00. The molecule has 2 aromatic rings. The molecule has 3 heteroatoms. The van der Waals surface area contributed by atoms with Crippen LogP contribution < -0.4 is 0 Å². The second-order valence-electron chi connectivity index (χ2n) is 6.85. The Morgan fingerprint density at radius 2 is 1.60 bits per heavy atom. The number of benzene rings is 2. The van der Waals surface area contributed by atoms with Crippen LogP contribution in [0.25, 0.3) is 0 Å². The standard InChI is InChI=1S/C22H29NO2/c1-4-25-22(24)14-20-11-8-12-21(13-20)17-23(15-18(2)3)16-19-9-6-5-7-10-19/h5-13,18H,4,14-17H2,1-3H3. The Kier molecular flexibility index (Phi) is 7.68. The normalized spacial score (nSPS) is 11.1. The molecule has 0 aliphatic carbocycles. The smallest absolute Gasteiger partial charge is 0.310 e. The molecule has 134 valence electrons. The fraction of sp³-hybridized carbons (Fsp3) is 0.409. The van der Waals surface area contributed by atoms with Crippen molar-refractivity contribution in [3.63, 3.8) is 0 Å². The van der Waals surface area contributed by atoms with Crippen molar-refractivity contribution >= 4 is 5.97 Å². The van der Waals surface area contributed by atoms with E-state index in [1.807, 2.05) is 19.1 Å². The summed E-state index contributed by atoms with van der Waals surface area (Å²) < 4.78 is 5.05. The summed E-state index contributed by atoms with van der Waals surface area (Å²) in [7, 11) is 0. The maximum Gasteiger partial charge on any atom is 0.310 e. The van der Waals surface area contributed by atoms with Crippen LogP contribution in [0.1, 0.15) is 37.5 Å². The van der Waals surface area contributed by atoms with E-state index in [0.29, 0.717) is 18.9 Å². The van der Waals surface area contributed by atoms with E-state index in [9.17, 15) is 4.79 Å². The van der Waals surface area contributed by atoms with Crippen molar-refractivity contribution in [3.05, 3.63) is 71.3 Å². The van der Waals surface area contributed by atoms with Gasteiger partial charge in [0.25, 0.3) is 0 Å². The van der Waals surface area contributed by atoms with Crippen molar-refractivity contribution in [1.82, 2.24) is 4.90 Å². The van der Waals surface area contributed by atoms with Gasteiger partial charge in [-0.15, -0.1) is 0 Å². The molecule has 2 aromatic carbocycles. The average molecular weight is 339 g/mol. The number of carbonyl (C=O) groups excluding carboxylic acids is 1.